The van der Waals surface area contributed by atoms with Crippen LogP contribution in [0.2, 0.25) is 0 Å². The summed E-state index contributed by atoms with van der Waals surface area (Å²) in [6.45, 7) is 3.40. The molecule has 1 aromatic rings. The van der Waals surface area contributed by atoms with Gasteiger partial charge >= 0.3 is 0 Å². The second-order valence-corrected chi connectivity index (χ2v) is 4.91. The van der Waals surface area contributed by atoms with Gasteiger partial charge in [0.1, 0.15) is 5.76 Å². The molecule has 2 aliphatic rings. The first-order chi connectivity index (χ1) is 7.92. The van der Waals surface area contributed by atoms with Crippen molar-refractivity contribution < 1.29 is 4.52 Å². The predicted octanol–water partition coefficient (Wildman–Crippen LogP) is 1.39. The van der Waals surface area contributed by atoms with E-state index < -0.39 is 0 Å². The van der Waals surface area contributed by atoms with Gasteiger partial charge in [-0.25, -0.2) is 0 Å². The smallest absolute Gasteiger partial charge is 0.150 e. The van der Waals surface area contributed by atoms with Crippen molar-refractivity contribution in [1.29, 1.82) is 0 Å². The maximum atomic E-state index is 5.09. The minimum Gasteiger partial charge on any atom is -0.360 e. The fraction of sp³-hybridized carbons (Fsp3) is 0.750. The van der Waals surface area contributed by atoms with Crippen LogP contribution in [-0.2, 0) is 6.54 Å². The minimum absolute atomic E-state index is 0.657. The van der Waals surface area contributed by atoms with Crippen LogP contribution >= 0.6 is 0 Å². The molecule has 0 amide bonds. The fourth-order valence-electron chi connectivity index (χ4n) is 2.99. The molecule has 1 aromatic heterocycles. The first-order valence-electron chi connectivity index (χ1n) is 6.29. The molecule has 4 nitrogen and oxygen atoms in total. The Morgan fingerprint density at radius 2 is 2.44 bits per heavy atom. The molecule has 3 rings (SSSR count). The van der Waals surface area contributed by atoms with Crippen LogP contribution in [0.5, 0.6) is 0 Å². The van der Waals surface area contributed by atoms with Crippen LogP contribution in [0.3, 0.4) is 0 Å². The lowest BCUT2D eigenvalue weighted by molar-refractivity contribution is 0.164. The highest BCUT2D eigenvalue weighted by Gasteiger charge is 2.31. The van der Waals surface area contributed by atoms with E-state index in [0.29, 0.717) is 6.04 Å². The number of nitrogens with zero attached hydrogens (tertiary/aromatic N) is 2. The van der Waals surface area contributed by atoms with E-state index in [9.17, 15) is 0 Å². The molecule has 4 heteroatoms. The summed E-state index contributed by atoms with van der Waals surface area (Å²) in [7, 11) is 0. The molecule has 0 aromatic carbocycles. The van der Waals surface area contributed by atoms with Crippen LogP contribution < -0.4 is 5.32 Å². The molecule has 3 heterocycles. The molecule has 16 heavy (non-hydrogen) atoms. The Hall–Kier alpha value is -0.870. The zero-order chi connectivity index (χ0) is 10.8. The lowest BCUT2D eigenvalue weighted by atomic mass is 9.97. The van der Waals surface area contributed by atoms with Gasteiger partial charge in [0.15, 0.2) is 0 Å². The van der Waals surface area contributed by atoms with Gasteiger partial charge in [0, 0.05) is 18.2 Å². The van der Waals surface area contributed by atoms with Gasteiger partial charge < -0.3 is 14.7 Å². The van der Waals surface area contributed by atoms with E-state index in [1.807, 2.05) is 6.07 Å². The topological polar surface area (TPSA) is 41.3 Å². The number of rotatable bonds is 3. The number of fused-ring (bicyclic) bond motifs is 1. The molecule has 0 bridgehead atoms. The molecule has 0 saturated carbocycles. The highest BCUT2D eigenvalue weighted by atomic mass is 16.5. The van der Waals surface area contributed by atoms with Crippen molar-refractivity contribution in [3.63, 3.8) is 0 Å². The molecular weight excluding hydrogens is 202 g/mol. The van der Waals surface area contributed by atoms with Crippen molar-refractivity contribution in [3.05, 3.63) is 18.0 Å². The zero-order valence-corrected chi connectivity index (χ0v) is 9.56. The lowest BCUT2D eigenvalue weighted by Crippen LogP contribution is -2.45. The van der Waals surface area contributed by atoms with Gasteiger partial charge in [0.25, 0.3) is 0 Å². The van der Waals surface area contributed by atoms with E-state index in [-0.39, 0.29) is 0 Å². The Labute approximate surface area is 96.0 Å². The van der Waals surface area contributed by atoms with Crippen molar-refractivity contribution in [2.24, 2.45) is 0 Å². The predicted molar refractivity (Wildman–Crippen MR) is 61.0 cm³/mol. The van der Waals surface area contributed by atoms with E-state index in [4.69, 9.17) is 4.52 Å². The van der Waals surface area contributed by atoms with Crippen molar-refractivity contribution >= 4 is 0 Å². The van der Waals surface area contributed by atoms with Crippen molar-refractivity contribution in [2.45, 2.75) is 44.3 Å². The van der Waals surface area contributed by atoms with E-state index in [2.05, 4.69) is 15.4 Å². The van der Waals surface area contributed by atoms with E-state index in [0.717, 1.165) is 18.3 Å². The number of nitrogens with one attached hydrogen (secondary N) is 1. The molecule has 0 aliphatic carbocycles. The first-order valence-corrected chi connectivity index (χ1v) is 6.29. The van der Waals surface area contributed by atoms with Crippen LogP contribution in [0.15, 0.2) is 16.8 Å². The summed E-state index contributed by atoms with van der Waals surface area (Å²) in [4.78, 5) is 2.65. The summed E-state index contributed by atoms with van der Waals surface area (Å²) in [5.41, 5.74) is 0. The molecule has 2 atom stereocenters. The summed E-state index contributed by atoms with van der Waals surface area (Å²) in [6.07, 6.45) is 7.05. The lowest BCUT2D eigenvalue weighted by Gasteiger charge is -2.35. The molecule has 2 fully saturated rings. The summed E-state index contributed by atoms with van der Waals surface area (Å²) in [5, 5.41) is 7.29. The van der Waals surface area contributed by atoms with Crippen LogP contribution in [-0.4, -0.2) is 35.2 Å². The molecule has 2 aliphatic heterocycles. The summed E-state index contributed by atoms with van der Waals surface area (Å²) in [5.74, 6) is 0.939. The van der Waals surface area contributed by atoms with Crippen molar-refractivity contribution in [2.75, 3.05) is 13.1 Å². The average Bonchev–Trinajstić information content (AvgIpc) is 2.97. The number of aromatic nitrogens is 1. The maximum Gasteiger partial charge on any atom is 0.150 e. The monoisotopic (exact) mass is 221 g/mol. The average molecular weight is 221 g/mol. The largest absolute Gasteiger partial charge is 0.360 e. The highest BCUT2D eigenvalue weighted by molar-refractivity contribution is 4.94. The second-order valence-electron chi connectivity index (χ2n) is 4.91. The Morgan fingerprint density at radius 3 is 3.31 bits per heavy atom. The SMILES string of the molecule is c1cc(CNC2CCN3CCCC3C2)on1. The molecule has 0 spiro atoms. The Morgan fingerprint density at radius 1 is 1.44 bits per heavy atom. The Kier molecular flexibility index (Phi) is 2.93. The Balaban J connectivity index is 1.49. The van der Waals surface area contributed by atoms with Gasteiger partial charge in [-0.3, -0.25) is 0 Å². The normalized spacial score (nSPS) is 30.5. The van der Waals surface area contributed by atoms with Crippen molar-refractivity contribution in [1.82, 2.24) is 15.4 Å². The maximum absolute atomic E-state index is 5.09. The van der Waals surface area contributed by atoms with E-state index >= 15 is 0 Å². The standard InChI is InChI=1S/C12H19N3O/c1-2-11-8-10(4-7-15(11)6-1)13-9-12-3-5-14-16-12/h3,5,10-11,13H,1-2,4,6-9H2. The summed E-state index contributed by atoms with van der Waals surface area (Å²) in [6, 6.07) is 3.42. The van der Waals surface area contributed by atoms with E-state index in [1.165, 1.54) is 38.8 Å². The van der Waals surface area contributed by atoms with Gasteiger partial charge in [0.2, 0.25) is 0 Å². The highest BCUT2D eigenvalue weighted by Crippen LogP contribution is 2.26. The van der Waals surface area contributed by atoms with Crippen LogP contribution in [0.25, 0.3) is 0 Å². The minimum atomic E-state index is 0.657. The third kappa shape index (κ3) is 2.13. The van der Waals surface area contributed by atoms with Gasteiger partial charge in [-0.1, -0.05) is 5.16 Å². The third-order valence-electron chi connectivity index (χ3n) is 3.88. The van der Waals surface area contributed by atoms with E-state index in [1.54, 1.807) is 6.20 Å². The van der Waals surface area contributed by atoms with Gasteiger partial charge in [-0.05, 0) is 38.8 Å². The number of piperidine rings is 1. The molecule has 88 valence electrons. The summed E-state index contributed by atoms with van der Waals surface area (Å²) >= 11 is 0. The summed E-state index contributed by atoms with van der Waals surface area (Å²) < 4.78 is 5.09. The number of hydrogen-bond acceptors (Lipinski definition) is 4. The van der Waals surface area contributed by atoms with Crippen molar-refractivity contribution in [3.8, 4) is 0 Å². The molecular formula is C12H19N3O. The quantitative estimate of drug-likeness (QED) is 0.837. The fourth-order valence-corrected chi connectivity index (χ4v) is 2.99. The van der Waals surface area contributed by atoms with Crippen LogP contribution in [0.1, 0.15) is 31.4 Å². The van der Waals surface area contributed by atoms with Crippen LogP contribution in [0, 0.1) is 0 Å². The molecule has 0 radical (unpaired) electrons. The second kappa shape index (κ2) is 4.55. The molecule has 2 unspecified atom stereocenters. The number of hydrogen-bond donors (Lipinski definition) is 1. The zero-order valence-electron chi connectivity index (χ0n) is 9.56. The molecule has 1 N–H and O–H groups in total. The first kappa shape index (κ1) is 10.3. The van der Waals surface area contributed by atoms with Crippen LogP contribution in [0.4, 0.5) is 0 Å². The van der Waals surface area contributed by atoms with Gasteiger partial charge in [-0.2, -0.15) is 0 Å². The van der Waals surface area contributed by atoms with Gasteiger partial charge in [0.05, 0.1) is 12.7 Å². The molecule has 2 saturated heterocycles. The Bertz CT molecular complexity index is 325. The third-order valence-corrected chi connectivity index (χ3v) is 3.88. The van der Waals surface area contributed by atoms with Gasteiger partial charge in [-0.15, -0.1) is 0 Å².